The average Bonchev–Trinajstić information content (AvgIpc) is 3.14. The fraction of sp³-hybridized carbons (Fsp3) is 0.468. The van der Waals surface area contributed by atoms with Crippen molar-refractivity contribution in [1.29, 1.82) is 0 Å². The lowest BCUT2D eigenvalue weighted by Gasteiger charge is -2.17. The van der Waals surface area contributed by atoms with Gasteiger partial charge in [0, 0.05) is 25.9 Å². The van der Waals surface area contributed by atoms with E-state index in [0.29, 0.717) is 18.6 Å². The molecule has 5 nitrogen and oxygen atoms in total. The Hall–Kier alpha value is -3.32. The van der Waals surface area contributed by atoms with Gasteiger partial charge >= 0.3 is 0 Å². The Labute approximate surface area is 326 Å². The summed E-state index contributed by atoms with van der Waals surface area (Å²) in [4.78, 5) is 16.8. The van der Waals surface area contributed by atoms with Gasteiger partial charge in [0.15, 0.2) is 0 Å². The standard InChI is InChI=1S/C47H64N2O3.ClH/c1-48(2)35-37-27-31-39(32-28-37)42-21-15-17-23-44(42)46(51)25-13-9-5-7-11-19-41(50)20-12-8-6-10-14-26-47(52)45-24-18-16-22-43(45)40-33-29-38(30-34-40)36-49(3)4;/h15-18,21-24,27-34,46-47,51-52H,5-14,19-20,25-26,35-36H2,1-4H3;1H. The molecule has 4 rings (SSSR count). The van der Waals surface area contributed by atoms with Gasteiger partial charge in [-0.3, -0.25) is 4.79 Å². The summed E-state index contributed by atoms with van der Waals surface area (Å²) in [5.41, 5.74) is 9.08. The molecule has 4 aromatic rings. The van der Waals surface area contributed by atoms with E-state index < -0.39 is 12.2 Å². The Balaban J connectivity index is 0.00000756. The van der Waals surface area contributed by atoms with Crippen molar-refractivity contribution in [2.24, 2.45) is 0 Å². The minimum absolute atomic E-state index is 0. The summed E-state index contributed by atoms with van der Waals surface area (Å²) in [5, 5.41) is 22.1. The molecular weight excluding hydrogens is 676 g/mol. The fourth-order valence-corrected chi connectivity index (χ4v) is 7.23. The number of aliphatic hydroxyl groups is 2. The van der Waals surface area contributed by atoms with Gasteiger partial charge in [-0.1, -0.05) is 148 Å². The molecule has 0 aromatic heterocycles. The highest BCUT2D eigenvalue weighted by Gasteiger charge is 2.15. The Morgan fingerprint density at radius 3 is 1.21 bits per heavy atom. The monoisotopic (exact) mass is 740 g/mol. The molecule has 2 atom stereocenters. The second-order valence-corrected chi connectivity index (χ2v) is 15.2. The highest BCUT2D eigenvalue weighted by molar-refractivity contribution is 5.85. The summed E-state index contributed by atoms with van der Waals surface area (Å²) in [6.45, 7) is 1.83. The number of ketones is 1. The van der Waals surface area contributed by atoms with Crippen molar-refractivity contribution in [1.82, 2.24) is 9.80 Å². The van der Waals surface area contributed by atoms with E-state index in [1.165, 1.54) is 11.1 Å². The van der Waals surface area contributed by atoms with Crippen molar-refractivity contribution in [2.75, 3.05) is 28.2 Å². The van der Waals surface area contributed by atoms with Crippen LogP contribution in [0, 0.1) is 0 Å². The maximum absolute atomic E-state index is 12.5. The van der Waals surface area contributed by atoms with Crippen LogP contribution in [0.4, 0.5) is 0 Å². The summed E-state index contributed by atoms with van der Waals surface area (Å²) >= 11 is 0. The molecule has 0 amide bonds. The molecule has 0 spiro atoms. The molecule has 0 saturated heterocycles. The Morgan fingerprint density at radius 1 is 0.491 bits per heavy atom. The minimum atomic E-state index is -0.470. The van der Waals surface area contributed by atoms with Gasteiger partial charge < -0.3 is 20.0 Å². The Kier molecular flexibility index (Phi) is 20.1. The molecule has 0 aliphatic rings. The SMILES string of the molecule is CN(C)Cc1ccc(-c2ccccc2C(O)CCCCCCCC(=O)CCCCCCCC(O)c2ccccc2-c2ccc(CN(C)C)cc2)cc1.Cl. The smallest absolute Gasteiger partial charge is 0.132 e. The molecule has 2 unspecified atom stereocenters. The van der Waals surface area contributed by atoms with E-state index in [9.17, 15) is 15.0 Å². The lowest BCUT2D eigenvalue weighted by Crippen LogP contribution is -2.10. The molecular formula is C47H65ClN2O3. The van der Waals surface area contributed by atoms with Gasteiger partial charge in [0.05, 0.1) is 12.2 Å². The first-order valence-corrected chi connectivity index (χ1v) is 19.7. The van der Waals surface area contributed by atoms with Gasteiger partial charge in [-0.05, 0) is 98.4 Å². The lowest BCUT2D eigenvalue weighted by molar-refractivity contribution is -0.119. The second-order valence-electron chi connectivity index (χ2n) is 15.2. The second kappa shape index (κ2) is 24.2. The molecule has 0 bridgehead atoms. The van der Waals surface area contributed by atoms with Crippen LogP contribution in [-0.4, -0.2) is 54.0 Å². The molecule has 2 N–H and O–H groups in total. The number of halogens is 1. The van der Waals surface area contributed by atoms with Crippen LogP contribution in [0.1, 0.15) is 124 Å². The number of Topliss-reactive ketones (excluding diaryl/α,β-unsaturated/α-hetero) is 1. The minimum Gasteiger partial charge on any atom is -0.388 e. The third-order valence-electron chi connectivity index (χ3n) is 10.0. The topological polar surface area (TPSA) is 64.0 Å². The van der Waals surface area contributed by atoms with Crippen LogP contribution in [0.5, 0.6) is 0 Å². The maximum Gasteiger partial charge on any atom is 0.132 e. The zero-order valence-corrected chi connectivity index (χ0v) is 33.6. The van der Waals surface area contributed by atoms with Crippen molar-refractivity contribution in [3.8, 4) is 22.3 Å². The van der Waals surface area contributed by atoms with Crippen molar-refractivity contribution in [3.05, 3.63) is 119 Å². The number of rotatable bonds is 24. The predicted molar refractivity (Wildman–Crippen MR) is 225 cm³/mol. The highest BCUT2D eigenvalue weighted by Crippen LogP contribution is 2.33. The molecule has 0 aliphatic heterocycles. The van der Waals surface area contributed by atoms with E-state index in [-0.39, 0.29) is 12.4 Å². The summed E-state index contributed by atoms with van der Waals surface area (Å²) < 4.78 is 0. The summed E-state index contributed by atoms with van der Waals surface area (Å²) in [6, 6.07) is 33.8. The van der Waals surface area contributed by atoms with Gasteiger partial charge in [0.1, 0.15) is 5.78 Å². The van der Waals surface area contributed by atoms with Gasteiger partial charge in [0.2, 0.25) is 0 Å². The van der Waals surface area contributed by atoms with Crippen LogP contribution in [0.3, 0.4) is 0 Å². The van der Waals surface area contributed by atoms with Gasteiger partial charge in [-0.2, -0.15) is 0 Å². The number of carbonyl (C=O) groups excluding carboxylic acids is 1. The summed E-state index contributed by atoms with van der Waals surface area (Å²) in [6.07, 6.45) is 12.4. The van der Waals surface area contributed by atoms with E-state index in [0.717, 1.165) is 124 Å². The number of carbonyl (C=O) groups is 1. The summed E-state index contributed by atoms with van der Waals surface area (Å²) in [7, 11) is 8.31. The zero-order valence-electron chi connectivity index (χ0n) is 32.8. The quantitative estimate of drug-likeness (QED) is 0.0700. The maximum atomic E-state index is 12.5. The van der Waals surface area contributed by atoms with Crippen LogP contribution in [0.2, 0.25) is 0 Å². The molecule has 288 valence electrons. The number of hydrogen-bond acceptors (Lipinski definition) is 5. The van der Waals surface area contributed by atoms with Crippen molar-refractivity contribution in [2.45, 2.75) is 115 Å². The first kappa shape index (κ1) is 44.1. The molecule has 6 heteroatoms. The van der Waals surface area contributed by atoms with E-state index in [2.05, 4.69) is 111 Å². The zero-order chi connectivity index (χ0) is 37.1. The largest absolute Gasteiger partial charge is 0.388 e. The third-order valence-corrected chi connectivity index (χ3v) is 10.0. The molecule has 53 heavy (non-hydrogen) atoms. The van der Waals surface area contributed by atoms with Crippen LogP contribution in [0.25, 0.3) is 22.3 Å². The van der Waals surface area contributed by atoms with Crippen LogP contribution in [-0.2, 0) is 17.9 Å². The van der Waals surface area contributed by atoms with E-state index in [4.69, 9.17) is 0 Å². The number of hydrogen-bond donors (Lipinski definition) is 2. The van der Waals surface area contributed by atoms with E-state index in [1.807, 2.05) is 24.3 Å². The first-order valence-electron chi connectivity index (χ1n) is 19.7. The molecule has 0 heterocycles. The number of benzene rings is 4. The van der Waals surface area contributed by atoms with Crippen molar-refractivity contribution >= 4 is 18.2 Å². The number of nitrogens with zero attached hydrogens (tertiary/aromatic N) is 2. The highest BCUT2D eigenvalue weighted by atomic mass is 35.5. The van der Waals surface area contributed by atoms with Crippen LogP contribution < -0.4 is 0 Å². The van der Waals surface area contributed by atoms with Gasteiger partial charge in [-0.15, -0.1) is 12.4 Å². The number of unbranched alkanes of at least 4 members (excludes halogenated alkanes) is 8. The fourth-order valence-electron chi connectivity index (χ4n) is 7.23. The van der Waals surface area contributed by atoms with Crippen LogP contribution >= 0.6 is 12.4 Å². The molecule has 4 aromatic carbocycles. The molecule has 0 aliphatic carbocycles. The van der Waals surface area contributed by atoms with Gasteiger partial charge in [-0.25, -0.2) is 0 Å². The van der Waals surface area contributed by atoms with E-state index in [1.54, 1.807) is 0 Å². The Bertz CT molecular complexity index is 1480. The van der Waals surface area contributed by atoms with Crippen molar-refractivity contribution in [3.63, 3.8) is 0 Å². The predicted octanol–water partition coefficient (Wildman–Crippen LogP) is 11.4. The molecule has 0 saturated carbocycles. The van der Waals surface area contributed by atoms with Crippen LogP contribution in [0.15, 0.2) is 97.1 Å². The first-order chi connectivity index (χ1) is 25.2. The average molecular weight is 742 g/mol. The van der Waals surface area contributed by atoms with Gasteiger partial charge in [0.25, 0.3) is 0 Å². The molecule has 0 radical (unpaired) electrons. The molecule has 0 fully saturated rings. The number of aliphatic hydroxyl groups excluding tert-OH is 2. The summed E-state index contributed by atoms with van der Waals surface area (Å²) in [5.74, 6) is 0.392. The van der Waals surface area contributed by atoms with Crippen molar-refractivity contribution < 1.29 is 15.0 Å². The lowest BCUT2D eigenvalue weighted by atomic mass is 9.93. The third kappa shape index (κ3) is 15.5. The van der Waals surface area contributed by atoms with E-state index >= 15 is 0 Å². The Morgan fingerprint density at radius 2 is 0.830 bits per heavy atom. The normalized spacial score (nSPS) is 12.5.